The monoisotopic (exact) mass is 210 g/mol. The maximum atomic E-state index is 11.3. The second-order valence-corrected chi connectivity index (χ2v) is 3.11. The van der Waals surface area contributed by atoms with Crippen molar-refractivity contribution in [3.8, 4) is 5.88 Å². The van der Waals surface area contributed by atoms with Crippen molar-refractivity contribution < 1.29 is 14.3 Å². The van der Waals surface area contributed by atoms with Gasteiger partial charge in [-0.1, -0.05) is 0 Å². The van der Waals surface area contributed by atoms with E-state index in [1.165, 1.54) is 6.20 Å². The van der Waals surface area contributed by atoms with Crippen molar-refractivity contribution >= 4 is 5.97 Å². The van der Waals surface area contributed by atoms with Crippen molar-refractivity contribution in [1.82, 2.24) is 9.97 Å². The van der Waals surface area contributed by atoms with Gasteiger partial charge in [0.1, 0.15) is 0 Å². The second kappa shape index (κ2) is 5.29. The maximum absolute atomic E-state index is 11.3. The van der Waals surface area contributed by atoms with Crippen molar-refractivity contribution in [3.05, 3.63) is 18.1 Å². The van der Waals surface area contributed by atoms with Gasteiger partial charge in [0.25, 0.3) is 0 Å². The van der Waals surface area contributed by atoms with Crippen molar-refractivity contribution in [2.75, 3.05) is 6.61 Å². The first kappa shape index (κ1) is 11.4. The van der Waals surface area contributed by atoms with Gasteiger partial charge < -0.3 is 9.47 Å². The van der Waals surface area contributed by atoms with Gasteiger partial charge in [0.05, 0.1) is 12.7 Å². The highest BCUT2D eigenvalue weighted by Crippen LogP contribution is 2.07. The molecular weight excluding hydrogens is 196 g/mol. The lowest BCUT2D eigenvalue weighted by Gasteiger charge is -2.08. The normalized spacial score (nSPS) is 10.1. The minimum absolute atomic E-state index is 0.00921. The summed E-state index contributed by atoms with van der Waals surface area (Å²) in [6.07, 6.45) is 1.48. The average Bonchev–Trinajstić information content (AvgIpc) is 2.17. The number of carbonyl (C=O) groups excluding carboxylic acids is 1. The second-order valence-electron chi connectivity index (χ2n) is 3.11. The molecule has 0 aromatic carbocycles. The molecule has 15 heavy (non-hydrogen) atoms. The lowest BCUT2D eigenvalue weighted by Crippen LogP contribution is -2.12. The standard InChI is InChI=1S/C10H14N2O3/c1-4-14-10(13)9-11-6-5-8(12-9)15-7(2)3/h5-7H,4H2,1-3H3. The van der Waals surface area contributed by atoms with E-state index in [4.69, 9.17) is 9.47 Å². The van der Waals surface area contributed by atoms with Crippen LogP contribution in [0.1, 0.15) is 31.4 Å². The van der Waals surface area contributed by atoms with Crippen LogP contribution in [0.5, 0.6) is 5.88 Å². The van der Waals surface area contributed by atoms with Crippen molar-refractivity contribution in [3.63, 3.8) is 0 Å². The molecule has 82 valence electrons. The molecule has 0 amide bonds. The zero-order valence-corrected chi connectivity index (χ0v) is 9.06. The first-order valence-electron chi connectivity index (χ1n) is 4.80. The number of carbonyl (C=O) groups is 1. The van der Waals surface area contributed by atoms with Gasteiger partial charge in [-0.25, -0.2) is 9.78 Å². The van der Waals surface area contributed by atoms with E-state index in [-0.39, 0.29) is 11.9 Å². The Labute approximate surface area is 88.4 Å². The molecule has 0 radical (unpaired) electrons. The molecule has 0 unspecified atom stereocenters. The lowest BCUT2D eigenvalue weighted by molar-refractivity contribution is 0.0509. The number of ether oxygens (including phenoxy) is 2. The summed E-state index contributed by atoms with van der Waals surface area (Å²) in [7, 11) is 0. The number of nitrogens with zero attached hydrogens (tertiary/aromatic N) is 2. The molecule has 0 saturated carbocycles. The Morgan fingerprint density at radius 1 is 1.53 bits per heavy atom. The van der Waals surface area contributed by atoms with E-state index in [0.717, 1.165) is 0 Å². The van der Waals surface area contributed by atoms with E-state index in [1.54, 1.807) is 13.0 Å². The molecule has 0 aliphatic rings. The minimum Gasteiger partial charge on any atom is -0.475 e. The zero-order chi connectivity index (χ0) is 11.3. The SMILES string of the molecule is CCOC(=O)c1nccc(OC(C)C)n1. The molecule has 0 fully saturated rings. The third-order valence-corrected chi connectivity index (χ3v) is 1.44. The molecule has 5 heteroatoms. The van der Waals surface area contributed by atoms with Gasteiger partial charge in [-0.05, 0) is 20.8 Å². The van der Waals surface area contributed by atoms with E-state index in [2.05, 4.69) is 9.97 Å². The summed E-state index contributed by atoms with van der Waals surface area (Å²) in [5.74, 6) is -0.134. The molecule has 0 N–H and O–H groups in total. The van der Waals surface area contributed by atoms with Crippen LogP contribution in [0.25, 0.3) is 0 Å². The highest BCUT2D eigenvalue weighted by atomic mass is 16.5. The summed E-state index contributed by atoms with van der Waals surface area (Å²) < 4.78 is 10.1. The van der Waals surface area contributed by atoms with Gasteiger partial charge in [-0.15, -0.1) is 0 Å². The molecule has 1 aromatic heterocycles. The van der Waals surface area contributed by atoms with Crippen LogP contribution in [0.4, 0.5) is 0 Å². The van der Waals surface area contributed by atoms with Crippen LogP contribution in [0.3, 0.4) is 0 Å². The number of hydrogen-bond acceptors (Lipinski definition) is 5. The van der Waals surface area contributed by atoms with Crippen LogP contribution in [0.15, 0.2) is 12.3 Å². The smallest absolute Gasteiger partial charge is 0.376 e. The van der Waals surface area contributed by atoms with Gasteiger partial charge in [0.2, 0.25) is 11.7 Å². The number of hydrogen-bond donors (Lipinski definition) is 0. The van der Waals surface area contributed by atoms with Gasteiger partial charge in [-0.2, -0.15) is 4.98 Å². The molecule has 1 heterocycles. The van der Waals surface area contributed by atoms with E-state index >= 15 is 0 Å². The number of esters is 1. The number of rotatable bonds is 4. The third-order valence-electron chi connectivity index (χ3n) is 1.44. The Morgan fingerprint density at radius 2 is 2.27 bits per heavy atom. The summed E-state index contributed by atoms with van der Waals surface area (Å²) in [4.78, 5) is 19.0. The Hall–Kier alpha value is -1.65. The Kier molecular flexibility index (Phi) is 4.03. The maximum Gasteiger partial charge on any atom is 0.376 e. The van der Waals surface area contributed by atoms with Crippen LogP contribution in [-0.2, 0) is 4.74 Å². The summed E-state index contributed by atoms with van der Waals surface area (Å²) in [5.41, 5.74) is 0. The van der Waals surface area contributed by atoms with Crippen molar-refractivity contribution in [2.45, 2.75) is 26.9 Å². The summed E-state index contributed by atoms with van der Waals surface area (Å²) >= 11 is 0. The van der Waals surface area contributed by atoms with Crippen LogP contribution >= 0.6 is 0 Å². The van der Waals surface area contributed by atoms with Gasteiger partial charge in [-0.3, -0.25) is 0 Å². The van der Waals surface area contributed by atoms with Crippen LogP contribution in [0.2, 0.25) is 0 Å². The first-order chi connectivity index (χ1) is 7.13. The molecule has 0 aliphatic heterocycles. The highest BCUT2D eigenvalue weighted by molar-refractivity contribution is 5.85. The van der Waals surface area contributed by atoms with Crippen molar-refractivity contribution in [2.24, 2.45) is 0 Å². The quantitative estimate of drug-likeness (QED) is 0.704. The third kappa shape index (κ3) is 3.53. The van der Waals surface area contributed by atoms with Gasteiger partial charge >= 0.3 is 5.97 Å². The fraction of sp³-hybridized carbons (Fsp3) is 0.500. The Bertz CT molecular complexity index is 339. The predicted molar refractivity (Wildman–Crippen MR) is 53.8 cm³/mol. The molecule has 1 aromatic rings. The first-order valence-corrected chi connectivity index (χ1v) is 4.80. The van der Waals surface area contributed by atoms with Crippen LogP contribution in [0, 0.1) is 0 Å². The van der Waals surface area contributed by atoms with Crippen LogP contribution < -0.4 is 4.74 Å². The largest absolute Gasteiger partial charge is 0.475 e. The van der Waals surface area contributed by atoms with E-state index in [1.807, 2.05) is 13.8 Å². The van der Waals surface area contributed by atoms with Gasteiger partial charge in [0.15, 0.2) is 0 Å². The van der Waals surface area contributed by atoms with E-state index in [9.17, 15) is 4.79 Å². The average molecular weight is 210 g/mol. The Balaban J connectivity index is 2.78. The molecule has 0 saturated heterocycles. The van der Waals surface area contributed by atoms with Gasteiger partial charge in [0, 0.05) is 12.3 Å². The summed E-state index contributed by atoms with van der Waals surface area (Å²) in [5, 5.41) is 0. The predicted octanol–water partition coefficient (Wildman–Crippen LogP) is 1.44. The molecule has 0 bridgehead atoms. The minimum atomic E-state index is -0.535. The van der Waals surface area contributed by atoms with Crippen molar-refractivity contribution in [1.29, 1.82) is 0 Å². The zero-order valence-electron chi connectivity index (χ0n) is 9.06. The fourth-order valence-electron chi connectivity index (χ4n) is 0.943. The van der Waals surface area contributed by atoms with E-state index < -0.39 is 5.97 Å². The molecule has 0 atom stereocenters. The lowest BCUT2D eigenvalue weighted by atomic mass is 10.5. The fourth-order valence-corrected chi connectivity index (χ4v) is 0.943. The molecule has 0 aliphatic carbocycles. The molecule has 5 nitrogen and oxygen atoms in total. The highest BCUT2D eigenvalue weighted by Gasteiger charge is 2.11. The molecular formula is C10H14N2O3. The van der Waals surface area contributed by atoms with Crippen LogP contribution in [-0.4, -0.2) is 28.6 Å². The summed E-state index contributed by atoms with van der Waals surface area (Å²) in [6, 6.07) is 1.60. The Morgan fingerprint density at radius 3 is 2.87 bits per heavy atom. The number of aromatic nitrogens is 2. The molecule has 0 spiro atoms. The topological polar surface area (TPSA) is 61.3 Å². The molecule has 1 rings (SSSR count). The van der Waals surface area contributed by atoms with E-state index in [0.29, 0.717) is 12.5 Å². The summed E-state index contributed by atoms with van der Waals surface area (Å²) in [6.45, 7) is 5.79.